The second-order valence-corrected chi connectivity index (χ2v) is 8.27. The van der Waals surface area contributed by atoms with Crippen molar-refractivity contribution in [2.45, 2.75) is 38.8 Å². The van der Waals surface area contributed by atoms with Gasteiger partial charge in [-0.2, -0.15) is 0 Å². The zero-order valence-corrected chi connectivity index (χ0v) is 19.2. The smallest absolute Gasteiger partial charge is 0.326 e. The molecule has 0 aromatic heterocycles. The van der Waals surface area contributed by atoms with Gasteiger partial charge in [-0.3, -0.25) is 9.59 Å². The third-order valence-corrected chi connectivity index (χ3v) is 6.23. The van der Waals surface area contributed by atoms with Crippen LogP contribution in [-0.2, 0) is 15.1 Å². The van der Waals surface area contributed by atoms with Crippen LogP contribution in [0.3, 0.4) is 0 Å². The number of ether oxygens (including phenoxy) is 2. The van der Waals surface area contributed by atoms with Crippen LogP contribution in [0, 0.1) is 0 Å². The van der Waals surface area contributed by atoms with E-state index in [1.807, 2.05) is 19.9 Å². The van der Waals surface area contributed by atoms with Crippen molar-refractivity contribution in [1.82, 2.24) is 15.1 Å². The maximum Gasteiger partial charge on any atom is 0.326 e. The number of imide groups is 1. The molecule has 33 heavy (non-hydrogen) atoms. The molecule has 1 fully saturated rings. The number of rotatable bonds is 6. The van der Waals surface area contributed by atoms with E-state index in [4.69, 9.17) is 9.47 Å². The molecule has 0 radical (unpaired) electrons. The van der Waals surface area contributed by atoms with Crippen molar-refractivity contribution in [3.05, 3.63) is 59.7 Å². The molecular weight excluding hydrogens is 422 g/mol. The van der Waals surface area contributed by atoms with E-state index < -0.39 is 23.5 Å². The first-order chi connectivity index (χ1) is 15.9. The summed E-state index contributed by atoms with van der Waals surface area (Å²) >= 11 is 0. The molecule has 2 heterocycles. The second kappa shape index (κ2) is 9.13. The minimum Gasteiger partial charge on any atom is -0.490 e. The molecule has 0 spiro atoms. The van der Waals surface area contributed by atoms with Gasteiger partial charge in [0.1, 0.15) is 11.6 Å². The highest BCUT2D eigenvalue weighted by Crippen LogP contribution is 2.39. The summed E-state index contributed by atoms with van der Waals surface area (Å²) in [5.41, 5.74) is -0.200. The van der Waals surface area contributed by atoms with Crippen LogP contribution in [0.15, 0.2) is 48.5 Å². The van der Waals surface area contributed by atoms with Crippen LogP contribution in [0.1, 0.15) is 44.4 Å². The molecule has 8 nitrogen and oxygen atoms in total. The number of urea groups is 1. The highest BCUT2D eigenvalue weighted by molar-refractivity contribution is 6.10. The monoisotopic (exact) mass is 451 g/mol. The van der Waals surface area contributed by atoms with Gasteiger partial charge < -0.3 is 19.7 Å². The van der Waals surface area contributed by atoms with Crippen LogP contribution in [0.25, 0.3) is 0 Å². The number of amides is 4. The Morgan fingerprint density at radius 1 is 1.06 bits per heavy atom. The van der Waals surface area contributed by atoms with Crippen molar-refractivity contribution in [2.24, 2.45) is 0 Å². The fourth-order valence-electron chi connectivity index (χ4n) is 4.31. The number of hydrogen-bond donors (Lipinski definition) is 1. The van der Waals surface area contributed by atoms with Gasteiger partial charge in [-0.25, -0.2) is 9.69 Å². The summed E-state index contributed by atoms with van der Waals surface area (Å²) < 4.78 is 11.5. The Balaban J connectivity index is 1.74. The van der Waals surface area contributed by atoms with Gasteiger partial charge in [-0.05, 0) is 44.0 Å². The van der Waals surface area contributed by atoms with Gasteiger partial charge in [-0.15, -0.1) is 0 Å². The summed E-state index contributed by atoms with van der Waals surface area (Å²) in [6, 6.07) is 12.5. The average Bonchev–Trinajstić information content (AvgIpc) is 2.98. The summed E-state index contributed by atoms with van der Waals surface area (Å²) in [7, 11) is 0. The molecule has 1 saturated heterocycles. The van der Waals surface area contributed by atoms with Crippen LogP contribution < -0.4 is 14.8 Å². The lowest BCUT2D eigenvalue weighted by molar-refractivity contribution is -0.143. The minimum atomic E-state index is -1.35. The van der Waals surface area contributed by atoms with Gasteiger partial charge in [0, 0.05) is 19.5 Å². The first-order valence-electron chi connectivity index (χ1n) is 11.3. The van der Waals surface area contributed by atoms with Crippen molar-refractivity contribution in [1.29, 1.82) is 0 Å². The van der Waals surface area contributed by atoms with E-state index in [2.05, 4.69) is 5.32 Å². The number of fused-ring (bicyclic) bond motifs is 1. The highest BCUT2D eigenvalue weighted by atomic mass is 16.5. The van der Waals surface area contributed by atoms with Gasteiger partial charge in [0.15, 0.2) is 11.5 Å². The van der Waals surface area contributed by atoms with E-state index in [1.54, 1.807) is 54.3 Å². The maximum absolute atomic E-state index is 13.8. The summed E-state index contributed by atoms with van der Waals surface area (Å²) in [5, 5.41) is 2.82. The summed E-state index contributed by atoms with van der Waals surface area (Å²) in [4.78, 5) is 43.2. The van der Waals surface area contributed by atoms with Gasteiger partial charge in [-0.1, -0.05) is 36.4 Å². The standard InChI is InChI=1S/C25H29N3O5/c1-4-27(5-2)22(29)21(17-10-7-6-8-11-17)28-23(30)25(3,26-24(28)31)18-12-13-19-20(16-18)33-15-9-14-32-19/h6-8,10-13,16,21H,4-5,9,14-15H2,1-3H3,(H,26,31)/t21-,25+/m1/s1. The van der Waals surface area contributed by atoms with Gasteiger partial charge in [0.25, 0.3) is 11.8 Å². The van der Waals surface area contributed by atoms with Crippen molar-refractivity contribution in [3.63, 3.8) is 0 Å². The molecular formula is C25H29N3O5. The van der Waals surface area contributed by atoms with Crippen molar-refractivity contribution in [3.8, 4) is 11.5 Å². The van der Waals surface area contributed by atoms with E-state index in [-0.39, 0.29) is 5.91 Å². The Labute approximate surface area is 193 Å². The maximum atomic E-state index is 13.8. The molecule has 0 aliphatic carbocycles. The second-order valence-electron chi connectivity index (χ2n) is 8.27. The third-order valence-electron chi connectivity index (χ3n) is 6.23. The van der Waals surface area contributed by atoms with Crippen molar-refractivity contribution >= 4 is 17.8 Å². The molecule has 8 heteroatoms. The first-order valence-corrected chi connectivity index (χ1v) is 11.3. The van der Waals surface area contributed by atoms with E-state index in [0.29, 0.717) is 48.9 Å². The predicted octanol–water partition coefficient (Wildman–Crippen LogP) is 3.22. The number of nitrogens with one attached hydrogen (secondary N) is 1. The molecule has 2 aromatic carbocycles. The van der Waals surface area contributed by atoms with Gasteiger partial charge >= 0.3 is 6.03 Å². The van der Waals surface area contributed by atoms with Crippen LogP contribution in [-0.4, -0.2) is 53.9 Å². The van der Waals surface area contributed by atoms with E-state index in [0.717, 1.165) is 11.3 Å². The van der Waals surface area contributed by atoms with E-state index in [1.165, 1.54) is 0 Å². The number of hydrogen-bond acceptors (Lipinski definition) is 5. The molecule has 2 aromatic rings. The number of carbonyl (C=O) groups is 3. The summed E-state index contributed by atoms with van der Waals surface area (Å²) in [5.74, 6) is 0.354. The first kappa shape index (κ1) is 22.6. The lowest BCUT2D eigenvalue weighted by Gasteiger charge is -2.31. The highest BCUT2D eigenvalue weighted by Gasteiger charge is 2.53. The largest absolute Gasteiger partial charge is 0.490 e. The van der Waals surface area contributed by atoms with E-state index in [9.17, 15) is 14.4 Å². The SMILES string of the molecule is CCN(CC)C(=O)[C@@H](c1ccccc1)N1C(=O)N[C@@](C)(c2ccc3c(c2)OCCCO3)C1=O. The molecule has 1 N–H and O–H groups in total. The topological polar surface area (TPSA) is 88.2 Å². The Morgan fingerprint density at radius 3 is 2.39 bits per heavy atom. The van der Waals surface area contributed by atoms with Crippen LogP contribution >= 0.6 is 0 Å². The minimum absolute atomic E-state index is 0.294. The zero-order valence-electron chi connectivity index (χ0n) is 19.2. The lowest BCUT2D eigenvalue weighted by Crippen LogP contribution is -2.46. The molecule has 4 amide bonds. The fraction of sp³-hybridized carbons (Fsp3) is 0.400. The quantitative estimate of drug-likeness (QED) is 0.682. The molecule has 0 saturated carbocycles. The molecule has 2 aliphatic rings. The lowest BCUT2D eigenvalue weighted by atomic mass is 9.91. The third kappa shape index (κ3) is 4.01. The fourth-order valence-corrected chi connectivity index (χ4v) is 4.31. The molecule has 174 valence electrons. The number of benzene rings is 2. The van der Waals surface area contributed by atoms with E-state index >= 15 is 0 Å². The molecule has 0 bridgehead atoms. The normalized spacial score (nSPS) is 20.8. The van der Waals surface area contributed by atoms with Crippen LogP contribution in [0.2, 0.25) is 0 Å². The van der Waals surface area contributed by atoms with Gasteiger partial charge in [0.05, 0.1) is 13.2 Å². The molecule has 0 unspecified atom stereocenters. The Bertz CT molecular complexity index is 1050. The average molecular weight is 452 g/mol. The molecule has 2 atom stereocenters. The van der Waals surface area contributed by atoms with Gasteiger partial charge in [0.2, 0.25) is 0 Å². The van der Waals surface area contributed by atoms with Crippen molar-refractivity contribution < 1.29 is 23.9 Å². The van der Waals surface area contributed by atoms with Crippen molar-refractivity contribution in [2.75, 3.05) is 26.3 Å². The Hall–Kier alpha value is -3.55. The van der Waals surface area contributed by atoms with Crippen LogP contribution in [0.5, 0.6) is 11.5 Å². The molecule has 4 rings (SSSR count). The predicted molar refractivity (Wildman–Crippen MR) is 122 cm³/mol. The summed E-state index contributed by atoms with van der Waals surface area (Å²) in [6.07, 6.45) is 0.761. The summed E-state index contributed by atoms with van der Waals surface area (Å²) in [6.45, 7) is 7.40. The Morgan fingerprint density at radius 2 is 1.73 bits per heavy atom. The Kier molecular flexibility index (Phi) is 6.26. The molecule has 2 aliphatic heterocycles. The number of nitrogens with zero attached hydrogens (tertiary/aromatic N) is 2. The number of likely N-dealkylation sites (N-methyl/N-ethyl adjacent to an activating group) is 1. The zero-order chi connectivity index (χ0) is 23.6. The number of carbonyl (C=O) groups excluding carboxylic acids is 3. The van der Waals surface area contributed by atoms with Crippen LogP contribution in [0.4, 0.5) is 4.79 Å².